The standard InChI is InChI=1S/C27H32N2O7/c1-18(30)22(13-19-7-5-4-6-8-19)28-25(31)17-36-27(33)21-15-26(32)29(16-21)12-11-20-9-10-23(34-2)24(14-20)35-3/h4-10,14,21-22H,11-13,15-17H2,1-3H3,(H,28,31)/t21-,22-/m0/s1. The number of benzene rings is 2. The fourth-order valence-corrected chi connectivity index (χ4v) is 4.08. The zero-order valence-electron chi connectivity index (χ0n) is 20.8. The summed E-state index contributed by atoms with van der Waals surface area (Å²) in [5, 5.41) is 2.62. The predicted octanol–water partition coefficient (Wildman–Crippen LogP) is 1.95. The van der Waals surface area contributed by atoms with E-state index in [9.17, 15) is 19.2 Å². The van der Waals surface area contributed by atoms with Gasteiger partial charge in [-0.3, -0.25) is 19.2 Å². The Bertz CT molecular complexity index is 1090. The van der Waals surface area contributed by atoms with Gasteiger partial charge < -0.3 is 24.4 Å². The summed E-state index contributed by atoms with van der Waals surface area (Å²) in [5.41, 5.74) is 1.88. The van der Waals surface area contributed by atoms with Crippen LogP contribution in [0.1, 0.15) is 24.5 Å². The first-order valence-electron chi connectivity index (χ1n) is 11.8. The molecular weight excluding hydrogens is 464 g/mol. The van der Waals surface area contributed by atoms with E-state index in [0.29, 0.717) is 30.9 Å². The van der Waals surface area contributed by atoms with E-state index in [1.165, 1.54) is 6.92 Å². The summed E-state index contributed by atoms with van der Waals surface area (Å²) in [4.78, 5) is 50.8. The van der Waals surface area contributed by atoms with Crippen molar-refractivity contribution in [3.05, 3.63) is 59.7 Å². The number of nitrogens with zero attached hydrogens (tertiary/aromatic N) is 1. The minimum atomic E-state index is -0.710. The van der Waals surface area contributed by atoms with Crippen molar-refractivity contribution >= 4 is 23.6 Å². The van der Waals surface area contributed by atoms with E-state index >= 15 is 0 Å². The van der Waals surface area contributed by atoms with Gasteiger partial charge in [-0.15, -0.1) is 0 Å². The zero-order chi connectivity index (χ0) is 26.1. The van der Waals surface area contributed by atoms with Crippen molar-refractivity contribution in [3.63, 3.8) is 0 Å². The molecular formula is C27H32N2O7. The molecule has 1 aliphatic rings. The molecule has 1 heterocycles. The van der Waals surface area contributed by atoms with Crippen molar-refractivity contribution in [1.82, 2.24) is 10.2 Å². The number of carbonyl (C=O) groups is 4. The Labute approximate surface area is 210 Å². The molecule has 9 nitrogen and oxygen atoms in total. The van der Waals surface area contributed by atoms with Gasteiger partial charge in [-0.2, -0.15) is 0 Å². The highest BCUT2D eigenvalue weighted by Crippen LogP contribution is 2.28. The fourth-order valence-electron chi connectivity index (χ4n) is 4.08. The number of nitrogens with one attached hydrogen (secondary N) is 1. The van der Waals surface area contributed by atoms with Gasteiger partial charge in [0.2, 0.25) is 5.91 Å². The van der Waals surface area contributed by atoms with Crippen LogP contribution < -0.4 is 14.8 Å². The van der Waals surface area contributed by atoms with Crippen LogP contribution in [0.2, 0.25) is 0 Å². The van der Waals surface area contributed by atoms with E-state index in [4.69, 9.17) is 14.2 Å². The molecule has 0 bridgehead atoms. The minimum Gasteiger partial charge on any atom is -0.493 e. The Morgan fingerprint density at radius 3 is 2.42 bits per heavy atom. The number of amides is 2. The lowest BCUT2D eigenvalue weighted by atomic mass is 10.0. The number of ether oxygens (including phenoxy) is 3. The molecule has 0 radical (unpaired) electrons. The molecule has 192 valence electrons. The second-order valence-corrected chi connectivity index (χ2v) is 8.71. The highest BCUT2D eigenvalue weighted by Gasteiger charge is 2.35. The number of rotatable bonds is 12. The molecule has 1 fully saturated rings. The van der Waals surface area contributed by atoms with Crippen LogP contribution in [0.15, 0.2) is 48.5 Å². The molecule has 0 aromatic heterocycles. The van der Waals surface area contributed by atoms with Crippen molar-refractivity contribution in [2.75, 3.05) is 33.9 Å². The van der Waals surface area contributed by atoms with Gasteiger partial charge in [-0.1, -0.05) is 36.4 Å². The summed E-state index contributed by atoms with van der Waals surface area (Å²) in [7, 11) is 3.13. The van der Waals surface area contributed by atoms with Gasteiger partial charge in [-0.25, -0.2) is 0 Å². The van der Waals surface area contributed by atoms with Gasteiger partial charge in [0.25, 0.3) is 5.91 Å². The molecule has 0 unspecified atom stereocenters. The van der Waals surface area contributed by atoms with E-state index < -0.39 is 30.4 Å². The predicted molar refractivity (Wildman–Crippen MR) is 132 cm³/mol. The summed E-state index contributed by atoms with van der Waals surface area (Å²) < 4.78 is 15.7. The topological polar surface area (TPSA) is 111 Å². The molecule has 9 heteroatoms. The van der Waals surface area contributed by atoms with E-state index in [-0.39, 0.29) is 24.7 Å². The SMILES string of the molecule is COc1ccc(CCN2C[C@@H](C(=O)OCC(=O)N[C@@H](Cc3ccccc3)C(C)=O)CC2=O)cc1OC. The Morgan fingerprint density at radius 2 is 1.75 bits per heavy atom. The average Bonchev–Trinajstić information content (AvgIpc) is 3.26. The van der Waals surface area contributed by atoms with E-state index in [1.807, 2.05) is 48.5 Å². The number of likely N-dealkylation sites (tertiary alicyclic amines) is 1. The lowest BCUT2D eigenvalue weighted by Crippen LogP contribution is -2.43. The summed E-state index contributed by atoms with van der Waals surface area (Å²) in [5.74, 6) is -0.892. The summed E-state index contributed by atoms with van der Waals surface area (Å²) >= 11 is 0. The molecule has 36 heavy (non-hydrogen) atoms. The third-order valence-electron chi connectivity index (χ3n) is 6.12. The molecule has 2 amide bonds. The van der Waals surface area contributed by atoms with Crippen LogP contribution in [0.4, 0.5) is 0 Å². The van der Waals surface area contributed by atoms with Crippen LogP contribution in [-0.2, 0) is 36.8 Å². The van der Waals surface area contributed by atoms with Crippen molar-refractivity contribution in [1.29, 1.82) is 0 Å². The van der Waals surface area contributed by atoms with Crippen molar-refractivity contribution in [2.45, 2.75) is 32.2 Å². The average molecular weight is 497 g/mol. The van der Waals surface area contributed by atoms with Gasteiger partial charge in [0, 0.05) is 19.5 Å². The van der Waals surface area contributed by atoms with Crippen LogP contribution in [0.3, 0.4) is 0 Å². The van der Waals surface area contributed by atoms with E-state index in [1.54, 1.807) is 19.1 Å². The van der Waals surface area contributed by atoms with Crippen LogP contribution >= 0.6 is 0 Å². The quantitative estimate of drug-likeness (QED) is 0.447. The van der Waals surface area contributed by atoms with E-state index in [0.717, 1.165) is 11.1 Å². The third-order valence-corrected chi connectivity index (χ3v) is 6.12. The summed E-state index contributed by atoms with van der Waals surface area (Å²) in [6.45, 7) is 1.57. The van der Waals surface area contributed by atoms with Crippen LogP contribution in [0.25, 0.3) is 0 Å². The van der Waals surface area contributed by atoms with Crippen LogP contribution in [0, 0.1) is 5.92 Å². The zero-order valence-corrected chi connectivity index (χ0v) is 20.8. The second-order valence-electron chi connectivity index (χ2n) is 8.71. The molecule has 0 saturated carbocycles. The van der Waals surface area contributed by atoms with Crippen molar-refractivity contribution in [2.24, 2.45) is 5.92 Å². The van der Waals surface area contributed by atoms with Gasteiger partial charge >= 0.3 is 5.97 Å². The molecule has 2 atom stereocenters. The number of hydrogen-bond donors (Lipinski definition) is 1. The smallest absolute Gasteiger partial charge is 0.311 e. The number of esters is 1. The van der Waals surface area contributed by atoms with E-state index in [2.05, 4.69) is 5.32 Å². The Balaban J connectivity index is 1.45. The molecule has 1 aliphatic heterocycles. The Kier molecular flexibility index (Phi) is 9.44. The Morgan fingerprint density at radius 1 is 1.03 bits per heavy atom. The van der Waals surface area contributed by atoms with Gasteiger partial charge in [-0.05, 0) is 43.0 Å². The molecule has 0 spiro atoms. The molecule has 1 saturated heterocycles. The summed E-state index contributed by atoms with van der Waals surface area (Å²) in [6.07, 6.45) is 0.975. The third kappa shape index (κ3) is 7.31. The summed E-state index contributed by atoms with van der Waals surface area (Å²) in [6, 6.07) is 14.2. The molecule has 0 aliphatic carbocycles. The first-order valence-corrected chi connectivity index (χ1v) is 11.8. The molecule has 2 aromatic rings. The first kappa shape index (κ1) is 26.7. The minimum absolute atomic E-state index is 0.0382. The fraction of sp³-hybridized carbons (Fsp3) is 0.407. The lowest BCUT2D eigenvalue weighted by molar-refractivity contribution is -0.152. The van der Waals surface area contributed by atoms with Gasteiger partial charge in [0.15, 0.2) is 23.9 Å². The molecule has 3 rings (SSSR count). The Hall–Kier alpha value is -3.88. The van der Waals surface area contributed by atoms with Gasteiger partial charge in [0.1, 0.15) is 0 Å². The molecule has 1 N–H and O–H groups in total. The largest absolute Gasteiger partial charge is 0.493 e. The first-order chi connectivity index (χ1) is 17.3. The highest BCUT2D eigenvalue weighted by molar-refractivity contribution is 5.90. The van der Waals surface area contributed by atoms with Crippen molar-refractivity contribution in [3.8, 4) is 11.5 Å². The number of carbonyl (C=O) groups excluding carboxylic acids is 4. The molecule has 2 aromatic carbocycles. The lowest BCUT2D eigenvalue weighted by Gasteiger charge is -2.18. The van der Waals surface area contributed by atoms with Crippen LogP contribution in [-0.4, -0.2) is 68.4 Å². The number of Topliss-reactive ketones (excluding diaryl/α,β-unsaturated/α-hetero) is 1. The number of ketones is 1. The van der Waals surface area contributed by atoms with Gasteiger partial charge in [0.05, 0.1) is 26.2 Å². The second kappa shape index (κ2) is 12.7. The maximum Gasteiger partial charge on any atom is 0.311 e. The number of hydrogen-bond acceptors (Lipinski definition) is 7. The highest BCUT2D eigenvalue weighted by atomic mass is 16.5. The monoisotopic (exact) mass is 496 g/mol. The normalized spacial score (nSPS) is 15.8. The van der Waals surface area contributed by atoms with Crippen LogP contribution in [0.5, 0.6) is 11.5 Å². The maximum absolute atomic E-state index is 12.5. The van der Waals surface area contributed by atoms with Crippen molar-refractivity contribution < 1.29 is 33.4 Å². The number of methoxy groups -OCH3 is 2. The maximum atomic E-state index is 12.5.